The van der Waals surface area contributed by atoms with Crippen LogP contribution in [0.1, 0.15) is 51.4 Å². The smallest absolute Gasteiger partial charge is 0.0693 e. The highest BCUT2D eigenvalue weighted by Gasteiger charge is 2.23. The van der Waals surface area contributed by atoms with E-state index in [1.807, 2.05) is 0 Å². The second kappa shape index (κ2) is 6.72. The minimum Gasteiger partial charge on any atom is -0.392 e. The Hall–Kier alpha value is -0.120. The molecule has 1 heterocycles. The SMILES string of the molecule is CN1CCCCC1CCNC1CCCCC1O. The van der Waals surface area contributed by atoms with Gasteiger partial charge < -0.3 is 15.3 Å². The maximum atomic E-state index is 9.88. The van der Waals surface area contributed by atoms with Crippen LogP contribution in [0.5, 0.6) is 0 Å². The van der Waals surface area contributed by atoms with Gasteiger partial charge in [0.1, 0.15) is 0 Å². The Labute approximate surface area is 106 Å². The molecule has 0 aromatic carbocycles. The largest absolute Gasteiger partial charge is 0.392 e. The molecule has 3 atom stereocenters. The third-order valence-electron chi connectivity index (χ3n) is 4.54. The Bertz CT molecular complexity index is 200. The van der Waals surface area contributed by atoms with Crippen molar-refractivity contribution in [3.05, 3.63) is 0 Å². The first-order chi connectivity index (χ1) is 8.27. The van der Waals surface area contributed by atoms with Crippen LogP contribution in [-0.2, 0) is 0 Å². The van der Waals surface area contributed by atoms with Crippen molar-refractivity contribution < 1.29 is 5.11 Å². The van der Waals surface area contributed by atoms with Crippen LogP contribution in [-0.4, -0.2) is 48.3 Å². The number of piperidine rings is 1. The van der Waals surface area contributed by atoms with Gasteiger partial charge in [-0.1, -0.05) is 19.3 Å². The molecule has 3 unspecified atom stereocenters. The van der Waals surface area contributed by atoms with Gasteiger partial charge in [-0.05, 0) is 52.2 Å². The molecule has 1 saturated heterocycles. The number of nitrogens with one attached hydrogen (secondary N) is 1. The summed E-state index contributed by atoms with van der Waals surface area (Å²) in [5, 5.41) is 13.4. The van der Waals surface area contributed by atoms with Crippen LogP contribution < -0.4 is 5.32 Å². The number of rotatable bonds is 4. The highest BCUT2D eigenvalue weighted by atomic mass is 16.3. The van der Waals surface area contributed by atoms with Crippen molar-refractivity contribution in [1.82, 2.24) is 10.2 Å². The van der Waals surface area contributed by atoms with Crippen LogP contribution in [0, 0.1) is 0 Å². The zero-order chi connectivity index (χ0) is 12.1. The highest BCUT2D eigenvalue weighted by Crippen LogP contribution is 2.20. The van der Waals surface area contributed by atoms with Gasteiger partial charge in [0.2, 0.25) is 0 Å². The second-order valence-corrected chi connectivity index (χ2v) is 5.83. The van der Waals surface area contributed by atoms with Crippen LogP contribution in [0.2, 0.25) is 0 Å². The molecule has 0 spiro atoms. The van der Waals surface area contributed by atoms with Crippen molar-refractivity contribution >= 4 is 0 Å². The molecule has 0 aromatic heterocycles. The molecular weight excluding hydrogens is 212 g/mol. The van der Waals surface area contributed by atoms with E-state index in [-0.39, 0.29) is 6.10 Å². The lowest BCUT2D eigenvalue weighted by atomic mass is 9.92. The Morgan fingerprint density at radius 1 is 1.12 bits per heavy atom. The first-order valence-electron chi connectivity index (χ1n) is 7.39. The zero-order valence-corrected chi connectivity index (χ0v) is 11.2. The van der Waals surface area contributed by atoms with Gasteiger partial charge in [-0.15, -0.1) is 0 Å². The van der Waals surface area contributed by atoms with E-state index < -0.39 is 0 Å². The van der Waals surface area contributed by atoms with Gasteiger partial charge in [-0.3, -0.25) is 0 Å². The van der Waals surface area contributed by atoms with Crippen LogP contribution in [0.25, 0.3) is 0 Å². The van der Waals surface area contributed by atoms with Gasteiger partial charge in [0.15, 0.2) is 0 Å². The molecule has 2 N–H and O–H groups in total. The van der Waals surface area contributed by atoms with E-state index >= 15 is 0 Å². The van der Waals surface area contributed by atoms with Crippen molar-refractivity contribution in [2.75, 3.05) is 20.1 Å². The fourth-order valence-electron chi connectivity index (χ4n) is 3.29. The van der Waals surface area contributed by atoms with Crippen molar-refractivity contribution in [3.8, 4) is 0 Å². The standard InChI is InChI=1S/C14H28N2O/c1-16-11-5-4-6-12(16)9-10-15-13-7-2-3-8-14(13)17/h12-15,17H,2-11H2,1H3. The van der Waals surface area contributed by atoms with E-state index in [1.54, 1.807) is 0 Å². The molecule has 2 fully saturated rings. The molecule has 100 valence electrons. The normalized spacial score (nSPS) is 36.0. The number of aliphatic hydroxyl groups excluding tert-OH is 1. The summed E-state index contributed by atoms with van der Waals surface area (Å²) in [5.41, 5.74) is 0. The molecule has 0 radical (unpaired) electrons. The number of likely N-dealkylation sites (tertiary alicyclic amines) is 1. The lowest BCUT2D eigenvalue weighted by Crippen LogP contribution is -2.44. The molecular formula is C14H28N2O. The van der Waals surface area contributed by atoms with E-state index in [0.717, 1.165) is 25.4 Å². The highest BCUT2D eigenvalue weighted by molar-refractivity contribution is 4.82. The summed E-state index contributed by atoms with van der Waals surface area (Å²) in [6.45, 7) is 2.33. The molecule has 1 saturated carbocycles. The van der Waals surface area contributed by atoms with E-state index in [0.29, 0.717) is 6.04 Å². The molecule has 2 aliphatic rings. The fourth-order valence-corrected chi connectivity index (χ4v) is 3.29. The average Bonchev–Trinajstić information content (AvgIpc) is 2.34. The molecule has 1 aliphatic heterocycles. The Morgan fingerprint density at radius 2 is 1.88 bits per heavy atom. The minimum absolute atomic E-state index is 0.104. The first kappa shape index (κ1) is 13.3. The summed E-state index contributed by atoms with van der Waals surface area (Å²) in [6, 6.07) is 1.12. The van der Waals surface area contributed by atoms with E-state index in [9.17, 15) is 5.11 Å². The molecule has 3 nitrogen and oxygen atoms in total. The average molecular weight is 240 g/mol. The Balaban J connectivity index is 1.64. The Kier molecular flexibility index (Phi) is 5.26. The molecule has 0 amide bonds. The van der Waals surface area contributed by atoms with Gasteiger partial charge in [-0.25, -0.2) is 0 Å². The van der Waals surface area contributed by atoms with E-state index in [2.05, 4.69) is 17.3 Å². The van der Waals surface area contributed by atoms with Crippen LogP contribution in [0.4, 0.5) is 0 Å². The van der Waals surface area contributed by atoms with Gasteiger partial charge in [-0.2, -0.15) is 0 Å². The maximum absolute atomic E-state index is 9.88. The van der Waals surface area contributed by atoms with Gasteiger partial charge in [0, 0.05) is 12.1 Å². The molecule has 17 heavy (non-hydrogen) atoms. The van der Waals surface area contributed by atoms with E-state index in [4.69, 9.17) is 0 Å². The predicted molar refractivity (Wildman–Crippen MR) is 71.2 cm³/mol. The van der Waals surface area contributed by atoms with Crippen molar-refractivity contribution in [1.29, 1.82) is 0 Å². The topological polar surface area (TPSA) is 35.5 Å². The maximum Gasteiger partial charge on any atom is 0.0693 e. The third kappa shape index (κ3) is 3.94. The monoisotopic (exact) mass is 240 g/mol. The molecule has 1 aliphatic carbocycles. The van der Waals surface area contributed by atoms with Crippen LogP contribution in [0.15, 0.2) is 0 Å². The lowest BCUT2D eigenvalue weighted by Gasteiger charge is -2.34. The van der Waals surface area contributed by atoms with Crippen LogP contribution >= 0.6 is 0 Å². The third-order valence-corrected chi connectivity index (χ3v) is 4.54. The summed E-state index contributed by atoms with van der Waals surface area (Å²) >= 11 is 0. The van der Waals surface area contributed by atoms with Gasteiger partial charge >= 0.3 is 0 Å². The first-order valence-corrected chi connectivity index (χ1v) is 7.39. The van der Waals surface area contributed by atoms with Gasteiger partial charge in [0.05, 0.1) is 6.10 Å². The fraction of sp³-hybridized carbons (Fsp3) is 1.00. The van der Waals surface area contributed by atoms with Crippen LogP contribution in [0.3, 0.4) is 0 Å². The summed E-state index contributed by atoms with van der Waals surface area (Å²) in [5.74, 6) is 0. The number of aliphatic hydroxyl groups is 1. The quantitative estimate of drug-likeness (QED) is 0.786. The number of hydrogen-bond donors (Lipinski definition) is 2. The summed E-state index contributed by atoms with van der Waals surface area (Å²) in [7, 11) is 2.25. The molecule has 2 rings (SSSR count). The predicted octanol–water partition coefficient (Wildman–Crippen LogP) is 1.75. The van der Waals surface area contributed by atoms with Crippen molar-refractivity contribution in [3.63, 3.8) is 0 Å². The number of nitrogens with zero attached hydrogens (tertiary/aromatic N) is 1. The second-order valence-electron chi connectivity index (χ2n) is 5.83. The molecule has 0 bridgehead atoms. The minimum atomic E-state index is -0.104. The molecule has 0 aromatic rings. The van der Waals surface area contributed by atoms with E-state index in [1.165, 1.54) is 45.1 Å². The molecule has 3 heteroatoms. The summed E-state index contributed by atoms with van der Waals surface area (Å²) < 4.78 is 0. The van der Waals surface area contributed by atoms with Crippen molar-refractivity contribution in [2.24, 2.45) is 0 Å². The Morgan fingerprint density at radius 3 is 2.65 bits per heavy atom. The van der Waals surface area contributed by atoms with Gasteiger partial charge in [0.25, 0.3) is 0 Å². The summed E-state index contributed by atoms with van der Waals surface area (Å²) in [4.78, 5) is 2.50. The lowest BCUT2D eigenvalue weighted by molar-refractivity contribution is 0.0883. The zero-order valence-electron chi connectivity index (χ0n) is 11.2. The van der Waals surface area contributed by atoms with Crippen molar-refractivity contribution in [2.45, 2.75) is 69.6 Å². The number of hydrogen-bond acceptors (Lipinski definition) is 3. The summed E-state index contributed by atoms with van der Waals surface area (Å²) in [6.07, 6.45) is 9.85.